The smallest absolute Gasteiger partial charge is 0.272 e. The number of hydrogen-bond acceptors (Lipinski definition) is 7. The van der Waals surface area contributed by atoms with Crippen LogP contribution in [0.5, 0.6) is 0 Å². The second-order valence-electron chi connectivity index (χ2n) is 9.58. The molecule has 0 aliphatic rings. The van der Waals surface area contributed by atoms with Crippen molar-refractivity contribution in [2.24, 2.45) is 7.05 Å². The van der Waals surface area contributed by atoms with E-state index in [4.69, 9.17) is 0 Å². The Morgan fingerprint density at radius 3 is 2.00 bits per heavy atom. The highest BCUT2D eigenvalue weighted by Crippen LogP contribution is 2.36. The number of hydrogen-bond donors (Lipinski definition) is 6. The van der Waals surface area contributed by atoms with E-state index in [9.17, 15) is 38.0 Å². The third-order valence-corrected chi connectivity index (χ3v) is 7.19. The molecule has 1 aromatic heterocycles. The van der Waals surface area contributed by atoms with E-state index in [-0.39, 0.29) is 5.69 Å². The van der Waals surface area contributed by atoms with Crippen molar-refractivity contribution in [3.8, 4) is 0 Å². The van der Waals surface area contributed by atoms with E-state index in [0.29, 0.717) is 11.3 Å². The van der Waals surface area contributed by atoms with E-state index in [1.165, 1.54) is 36.7 Å². The number of anilines is 1. The molecule has 0 unspecified atom stereocenters. The first kappa shape index (κ1) is 28.2. The largest absolute Gasteiger partial charge is 0.406 e. The molecule has 2 rings (SSSR count). The minimum absolute atomic E-state index is 0.0739. The van der Waals surface area contributed by atoms with Crippen molar-refractivity contribution < 1.29 is 38.0 Å². The summed E-state index contributed by atoms with van der Waals surface area (Å²) in [5.74, 6) is -1.13. The van der Waals surface area contributed by atoms with Gasteiger partial charge in [-0.05, 0) is 36.8 Å². The molecule has 180 valence electrons. The van der Waals surface area contributed by atoms with Gasteiger partial charge in [0, 0.05) is 29.7 Å². The zero-order valence-electron chi connectivity index (χ0n) is 20.1. The van der Waals surface area contributed by atoms with Crippen LogP contribution < -0.4 is 10.0 Å². The summed E-state index contributed by atoms with van der Waals surface area (Å²) < 4.78 is 43.3. The molecule has 6 N–H and O–H groups in total. The fraction of sp³-hybridized carbons (Fsp3) is 0.353. The molecule has 1 amide bonds. The summed E-state index contributed by atoms with van der Waals surface area (Å²) in [4.78, 5) is 12.3. The second kappa shape index (κ2) is 8.88. The highest BCUT2D eigenvalue weighted by Gasteiger charge is 2.64. The van der Waals surface area contributed by atoms with Crippen molar-refractivity contribution in [3.05, 3.63) is 47.5 Å². The lowest BCUT2D eigenvalue weighted by Crippen LogP contribution is -2.86. The van der Waals surface area contributed by atoms with Gasteiger partial charge >= 0.3 is 0 Å². The molecule has 0 radical (unpaired) electrons. The predicted molar refractivity (Wildman–Crippen MR) is 137 cm³/mol. The summed E-state index contributed by atoms with van der Waals surface area (Å²) in [6, 6.07) is 5.00. The van der Waals surface area contributed by atoms with Crippen molar-refractivity contribution in [3.63, 3.8) is 0 Å². The molecule has 1 heterocycles. The SMILES string of the molecule is BC(B)(O)C(NS(=O)(=O)c1cc(C(=O)Nc2ccc(F)c(C)c2)n(C)c1)(C(B)(B)O)C(B)(O)O. The van der Waals surface area contributed by atoms with Gasteiger partial charge in [0.2, 0.25) is 10.0 Å². The Bertz CT molecular complexity index is 1170. The quantitative estimate of drug-likeness (QED) is 0.159. The Hall–Kier alpha value is -2.03. The first-order valence-corrected chi connectivity index (χ1v) is 11.8. The van der Waals surface area contributed by atoms with Gasteiger partial charge in [0.15, 0.2) is 7.85 Å². The van der Waals surface area contributed by atoms with Gasteiger partial charge < -0.3 is 30.3 Å². The van der Waals surface area contributed by atoms with Crippen molar-refractivity contribution in [1.29, 1.82) is 0 Å². The fourth-order valence-corrected chi connectivity index (χ4v) is 6.12. The number of amides is 1. The van der Waals surface area contributed by atoms with Crippen LogP contribution >= 0.6 is 0 Å². The minimum atomic E-state index is -4.63. The predicted octanol–water partition coefficient (Wildman–Crippen LogP) is -6.16. The number of sulfonamides is 1. The van der Waals surface area contributed by atoms with E-state index < -0.39 is 48.7 Å². The average molecular weight is 491 g/mol. The molecular weight excluding hydrogens is 463 g/mol. The molecule has 0 atom stereocenters. The molecule has 0 aliphatic heterocycles. The summed E-state index contributed by atoms with van der Waals surface area (Å²) >= 11 is 0. The van der Waals surface area contributed by atoms with Gasteiger partial charge in [-0.25, -0.2) is 12.8 Å². The zero-order chi connectivity index (χ0) is 26.5. The molecule has 17 heteroatoms. The van der Waals surface area contributed by atoms with Crippen LogP contribution in [0.2, 0.25) is 0 Å². The summed E-state index contributed by atoms with van der Waals surface area (Å²) in [7, 11) is 2.10. The van der Waals surface area contributed by atoms with Crippen LogP contribution in [-0.4, -0.2) is 101 Å². The Morgan fingerprint density at radius 2 is 1.56 bits per heavy atom. The second-order valence-corrected chi connectivity index (χ2v) is 11.3. The highest BCUT2D eigenvalue weighted by atomic mass is 32.2. The van der Waals surface area contributed by atoms with E-state index in [2.05, 4.69) is 10.0 Å². The fourth-order valence-electron chi connectivity index (χ4n) is 4.34. The van der Waals surface area contributed by atoms with Gasteiger partial charge in [-0.15, -0.1) is 0 Å². The number of halogens is 1. The molecule has 0 aliphatic carbocycles. The summed E-state index contributed by atoms with van der Waals surface area (Å²) in [6.07, 6.45) is 1.11. The number of nitrogens with one attached hydrogen (secondary N) is 2. The van der Waals surface area contributed by atoms with E-state index >= 15 is 0 Å². The molecule has 0 saturated heterocycles. The lowest BCUT2D eigenvalue weighted by molar-refractivity contribution is -0.197. The number of aliphatic hydroxyl groups is 4. The lowest BCUT2D eigenvalue weighted by atomic mass is 9.37. The van der Waals surface area contributed by atoms with Crippen molar-refractivity contribution in [1.82, 2.24) is 9.29 Å². The van der Waals surface area contributed by atoms with Crippen LogP contribution in [0.15, 0.2) is 35.4 Å². The summed E-state index contributed by atoms with van der Waals surface area (Å²) in [6.45, 7) is 1.53. The molecule has 34 heavy (non-hydrogen) atoms. The number of aryl methyl sites for hydroxylation is 2. The Labute approximate surface area is 202 Å². The van der Waals surface area contributed by atoms with Crippen LogP contribution in [0, 0.1) is 12.7 Å². The first-order valence-electron chi connectivity index (χ1n) is 10.3. The van der Waals surface area contributed by atoms with Gasteiger partial charge in [-0.1, -0.05) is 0 Å². The molecule has 1 aromatic carbocycles. The molecule has 2 aromatic rings. The van der Waals surface area contributed by atoms with Gasteiger partial charge in [-0.2, -0.15) is 4.72 Å². The summed E-state index contributed by atoms with van der Waals surface area (Å²) in [5.41, 5.74) is -4.99. The topological polar surface area (TPSA) is 161 Å². The zero-order valence-corrected chi connectivity index (χ0v) is 21.0. The van der Waals surface area contributed by atoms with Gasteiger partial charge in [0.05, 0.1) is 0 Å². The van der Waals surface area contributed by atoms with Crippen molar-refractivity contribution >= 4 is 60.8 Å². The van der Waals surface area contributed by atoms with Gasteiger partial charge in [0.1, 0.15) is 59.0 Å². The molecule has 0 spiro atoms. The van der Waals surface area contributed by atoms with E-state index in [1.807, 2.05) is 0 Å². The van der Waals surface area contributed by atoms with Crippen molar-refractivity contribution in [2.75, 3.05) is 5.32 Å². The molecule has 0 saturated carbocycles. The van der Waals surface area contributed by atoms with Crippen LogP contribution in [0.1, 0.15) is 16.1 Å². The number of carbonyl (C=O) groups excluding carboxylic acids is 1. The van der Waals surface area contributed by atoms with Gasteiger partial charge in [-0.3, -0.25) is 4.79 Å². The van der Waals surface area contributed by atoms with Crippen LogP contribution in [0.25, 0.3) is 0 Å². The number of benzene rings is 1. The lowest BCUT2D eigenvalue weighted by Gasteiger charge is -2.57. The first-order chi connectivity index (χ1) is 15.1. The third kappa shape index (κ3) is 5.14. The molecule has 0 fully saturated rings. The maximum atomic E-state index is 13.5. The standard InChI is InChI=1S/C17H27B5FN3O7S/c1-8-5-9(3-4-11(8)23)24-13(27)12-6-10(7-26(12)2)34(32,33)25-14(15(18,19)28,16(20,21)29)17(22,30)31/h3-7,25,28-31H,18-22H2,1-2H3,(H,24,27). The Morgan fingerprint density at radius 1 is 1.03 bits per heavy atom. The molecular formula is C17H27B5FN3O7S. The number of rotatable bonds is 8. The maximum absolute atomic E-state index is 13.5. The van der Waals surface area contributed by atoms with Crippen LogP contribution in [0.3, 0.4) is 0 Å². The van der Waals surface area contributed by atoms with Crippen LogP contribution in [0.4, 0.5) is 10.1 Å². The Balaban J connectivity index is 2.50. The normalized spacial score (nSPS) is 13.6. The van der Waals surface area contributed by atoms with Crippen LogP contribution in [-0.2, 0) is 17.1 Å². The molecule has 0 bridgehead atoms. The third-order valence-electron chi connectivity index (χ3n) is 5.77. The average Bonchev–Trinajstić information content (AvgIpc) is 3.02. The Kier molecular flexibility index (Phi) is 7.37. The molecule has 10 nitrogen and oxygen atoms in total. The number of aromatic nitrogens is 1. The van der Waals surface area contributed by atoms with Gasteiger partial charge in [0.25, 0.3) is 5.91 Å². The minimum Gasteiger partial charge on any atom is -0.406 e. The summed E-state index contributed by atoms with van der Waals surface area (Å²) in [5, 5.41) is 40.7. The van der Waals surface area contributed by atoms with E-state index in [0.717, 1.165) is 51.5 Å². The monoisotopic (exact) mass is 491 g/mol. The number of carbonyl (C=O) groups is 1. The van der Waals surface area contributed by atoms with E-state index in [1.54, 1.807) is 0 Å². The van der Waals surface area contributed by atoms with Crippen molar-refractivity contribution in [2.45, 2.75) is 33.8 Å². The number of nitrogens with zero attached hydrogens (tertiary/aromatic N) is 1. The maximum Gasteiger partial charge on any atom is 0.272 e. The highest BCUT2D eigenvalue weighted by molar-refractivity contribution is 7.89.